The number of carbonyl (C=O) groups excluding carboxylic acids is 1. The fourth-order valence-corrected chi connectivity index (χ4v) is 2.37. The molecule has 0 fully saturated rings. The van der Waals surface area contributed by atoms with Crippen molar-refractivity contribution in [2.75, 3.05) is 7.11 Å². The molecular weight excluding hydrogens is 290 g/mol. The topological polar surface area (TPSA) is 66.2 Å². The van der Waals surface area contributed by atoms with Crippen molar-refractivity contribution in [3.63, 3.8) is 0 Å². The maximum atomic E-state index is 12.0. The number of thioether (sulfide) groups is 1. The average Bonchev–Trinajstić information content (AvgIpc) is 2.90. The minimum absolute atomic E-state index is 0.243. The molecule has 0 saturated heterocycles. The highest BCUT2D eigenvalue weighted by molar-refractivity contribution is 8.00. The molecule has 1 heterocycles. The van der Waals surface area contributed by atoms with Gasteiger partial charge in [0.1, 0.15) is 23.9 Å². The van der Waals surface area contributed by atoms with Crippen molar-refractivity contribution in [2.24, 2.45) is 7.05 Å². The minimum atomic E-state index is -0.342. The van der Waals surface area contributed by atoms with Crippen LogP contribution in [-0.2, 0) is 23.2 Å². The van der Waals surface area contributed by atoms with Gasteiger partial charge in [-0.2, -0.15) is 0 Å². The first-order chi connectivity index (χ1) is 10.1. The Hall–Kier alpha value is -2.02. The molecule has 0 aliphatic rings. The molecule has 0 N–H and O–H groups in total. The van der Waals surface area contributed by atoms with Crippen molar-refractivity contribution < 1.29 is 14.3 Å². The highest BCUT2D eigenvalue weighted by Crippen LogP contribution is 2.21. The first kappa shape index (κ1) is 15.4. The second-order valence-corrected chi connectivity index (χ2v) is 5.75. The molecular formula is C14H17N3O3S. The van der Waals surface area contributed by atoms with Crippen molar-refractivity contribution in [2.45, 2.75) is 23.9 Å². The predicted octanol–water partition coefficient (Wildman–Crippen LogP) is 2.05. The lowest BCUT2D eigenvalue weighted by molar-refractivity contribution is -0.143. The maximum Gasteiger partial charge on any atom is 0.319 e. The van der Waals surface area contributed by atoms with E-state index < -0.39 is 0 Å². The molecule has 2 aromatic rings. The summed E-state index contributed by atoms with van der Waals surface area (Å²) in [6, 6.07) is 7.40. The lowest BCUT2D eigenvalue weighted by atomic mass is 10.2. The molecule has 6 nitrogen and oxygen atoms in total. The third-order valence-corrected chi connectivity index (χ3v) is 3.95. The summed E-state index contributed by atoms with van der Waals surface area (Å²) in [7, 11) is 3.44. The van der Waals surface area contributed by atoms with Gasteiger partial charge >= 0.3 is 5.97 Å². The molecule has 1 unspecified atom stereocenters. The first-order valence-corrected chi connectivity index (χ1v) is 7.28. The normalized spacial score (nSPS) is 12.0. The summed E-state index contributed by atoms with van der Waals surface area (Å²) >= 11 is 1.32. The Labute approximate surface area is 127 Å². The number of rotatable bonds is 6. The van der Waals surface area contributed by atoms with Gasteiger partial charge in [0.25, 0.3) is 0 Å². The van der Waals surface area contributed by atoms with Crippen LogP contribution in [0.1, 0.15) is 12.5 Å². The molecule has 21 heavy (non-hydrogen) atoms. The Bertz CT molecular complexity index is 598. The number of methoxy groups -OCH3 is 1. The van der Waals surface area contributed by atoms with Gasteiger partial charge in [-0.15, -0.1) is 10.2 Å². The summed E-state index contributed by atoms with van der Waals surface area (Å²) < 4.78 is 12.1. The number of esters is 1. The molecule has 0 saturated carbocycles. The van der Waals surface area contributed by atoms with Gasteiger partial charge in [0.05, 0.1) is 7.11 Å². The van der Waals surface area contributed by atoms with Crippen molar-refractivity contribution in [1.82, 2.24) is 14.8 Å². The van der Waals surface area contributed by atoms with Crippen LogP contribution in [0, 0.1) is 0 Å². The van der Waals surface area contributed by atoms with Crippen molar-refractivity contribution in [1.29, 1.82) is 0 Å². The fraction of sp³-hybridized carbons (Fsp3) is 0.357. The number of nitrogens with zero attached hydrogens (tertiary/aromatic N) is 3. The van der Waals surface area contributed by atoms with Gasteiger partial charge in [0.15, 0.2) is 5.16 Å². The van der Waals surface area contributed by atoms with Crippen LogP contribution in [0.4, 0.5) is 0 Å². The number of carbonyl (C=O) groups is 1. The summed E-state index contributed by atoms with van der Waals surface area (Å²) in [5.74, 6) is 0.495. The van der Waals surface area contributed by atoms with Gasteiger partial charge in [-0.25, -0.2) is 0 Å². The maximum absolute atomic E-state index is 12.0. The van der Waals surface area contributed by atoms with E-state index in [0.717, 1.165) is 11.3 Å². The number of hydrogen-bond donors (Lipinski definition) is 0. The lowest BCUT2D eigenvalue weighted by Gasteiger charge is -2.10. The molecule has 2 rings (SSSR count). The summed E-state index contributed by atoms with van der Waals surface area (Å²) in [4.78, 5) is 12.0. The van der Waals surface area contributed by atoms with Crippen LogP contribution in [-0.4, -0.2) is 33.1 Å². The van der Waals surface area contributed by atoms with Crippen LogP contribution < -0.4 is 4.74 Å². The Kier molecular flexibility index (Phi) is 5.21. The Morgan fingerprint density at radius 1 is 1.38 bits per heavy atom. The standard InChI is InChI=1S/C14H17N3O3S/c1-10(21-14-16-15-9-17(14)2)13(18)20-8-11-4-6-12(19-3)7-5-11/h4-7,9-10H,8H2,1-3H3. The van der Waals surface area contributed by atoms with E-state index in [1.807, 2.05) is 31.3 Å². The molecule has 0 amide bonds. The molecule has 0 aliphatic carbocycles. The SMILES string of the molecule is COc1ccc(COC(=O)C(C)Sc2nncn2C)cc1. The first-order valence-electron chi connectivity index (χ1n) is 6.40. The average molecular weight is 307 g/mol. The minimum Gasteiger partial charge on any atom is -0.497 e. The van der Waals surface area contributed by atoms with Gasteiger partial charge in [0, 0.05) is 7.05 Å². The van der Waals surface area contributed by atoms with E-state index in [2.05, 4.69) is 10.2 Å². The molecule has 1 aromatic carbocycles. The van der Waals surface area contributed by atoms with E-state index in [1.165, 1.54) is 11.8 Å². The molecule has 112 valence electrons. The lowest BCUT2D eigenvalue weighted by Crippen LogP contribution is -2.17. The number of hydrogen-bond acceptors (Lipinski definition) is 6. The predicted molar refractivity (Wildman–Crippen MR) is 79.1 cm³/mol. The Morgan fingerprint density at radius 2 is 2.10 bits per heavy atom. The number of ether oxygens (including phenoxy) is 2. The van der Waals surface area contributed by atoms with Gasteiger partial charge in [-0.3, -0.25) is 4.79 Å². The summed E-state index contributed by atoms with van der Waals surface area (Å²) in [6.07, 6.45) is 1.59. The van der Waals surface area contributed by atoms with Crippen LogP contribution in [0.3, 0.4) is 0 Å². The highest BCUT2D eigenvalue weighted by Gasteiger charge is 2.18. The number of aromatic nitrogens is 3. The summed E-state index contributed by atoms with van der Waals surface area (Å²) in [6.45, 7) is 2.03. The van der Waals surface area contributed by atoms with E-state index in [4.69, 9.17) is 9.47 Å². The van der Waals surface area contributed by atoms with E-state index in [0.29, 0.717) is 5.16 Å². The molecule has 0 aliphatic heterocycles. The number of aryl methyl sites for hydroxylation is 1. The second kappa shape index (κ2) is 7.12. The summed E-state index contributed by atoms with van der Waals surface area (Å²) in [5.41, 5.74) is 0.917. The molecule has 1 aromatic heterocycles. The quantitative estimate of drug-likeness (QED) is 0.601. The third-order valence-electron chi connectivity index (χ3n) is 2.82. The van der Waals surface area contributed by atoms with Gasteiger partial charge in [0.2, 0.25) is 0 Å². The van der Waals surface area contributed by atoms with Crippen molar-refractivity contribution in [3.8, 4) is 5.75 Å². The fourth-order valence-electron chi connectivity index (χ4n) is 1.58. The zero-order valence-corrected chi connectivity index (χ0v) is 13.0. The van der Waals surface area contributed by atoms with Crippen molar-refractivity contribution >= 4 is 17.7 Å². The van der Waals surface area contributed by atoms with Gasteiger partial charge in [-0.05, 0) is 24.6 Å². The van der Waals surface area contributed by atoms with Crippen LogP contribution in [0.5, 0.6) is 5.75 Å². The van der Waals surface area contributed by atoms with E-state index in [1.54, 1.807) is 24.9 Å². The van der Waals surface area contributed by atoms with Crippen LogP contribution >= 0.6 is 11.8 Å². The van der Waals surface area contributed by atoms with Gasteiger partial charge < -0.3 is 14.0 Å². The van der Waals surface area contributed by atoms with Crippen LogP contribution in [0.15, 0.2) is 35.7 Å². The monoisotopic (exact) mass is 307 g/mol. The zero-order chi connectivity index (χ0) is 15.2. The molecule has 7 heteroatoms. The highest BCUT2D eigenvalue weighted by atomic mass is 32.2. The van der Waals surface area contributed by atoms with Crippen LogP contribution in [0.2, 0.25) is 0 Å². The van der Waals surface area contributed by atoms with Crippen molar-refractivity contribution in [3.05, 3.63) is 36.2 Å². The largest absolute Gasteiger partial charge is 0.497 e. The molecule has 1 atom stereocenters. The number of benzene rings is 1. The summed E-state index contributed by atoms with van der Waals surface area (Å²) in [5, 5.41) is 8.04. The smallest absolute Gasteiger partial charge is 0.319 e. The van der Waals surface area contributed by atoms with E-state index >= 15 is 0 Å². The van der Waals surface area contributed by atoms with E-state index in [9.17, 15) is 4.79 Å². The van der Waals surface area contributed by atoms with E-state index in [-0.39, 0.29) is 17.8 Å². The molecule has 0 bridgehead atoms. The molecule has 0 spiro atoms. The second-order valence-electron chi connectivity index (χ2n) is 4.44. The Balaban J connectivity index is 1.84. The third kappa shape index (κ3) is 4.22. The van der Waals surface area contributed by atoms with Crippen LogP contribution in [0.25, 0.3) is 0 Å². The zero-order valence-electron chi connectivity index (χ0n) is 12.1. The Morgan fingerprint density at radius 3 is 2.67 bits per heavy atom. The molecule has 0 radical (unpaired) electrons. The van der Waals surface area contributed by atoms with Gasteiger partial charge in [-0.1, -0.05) is 23.9 Å².